The van der Waals surface area contributed by atoms with Gasteiger partial charge in [-0.1, -0.05) is 39.7 Å². The van der Waals surface area contributed by atoms with Crippen molar-refractivity contribution in [3.8, 4) is 10.7 Å². The van der Waals surface area contributed by atoms with E-state index in [2.05, 4.69) is 20.0 Å². The second-order valence-electron chi connectivity index (χ2n) is 8.18. The van der Waals surface area contributed by atoms with Crippen molar-refractivity contribution in [2.24, 2.45) is 0 Å². The molecule has 0 N–H and O–H groups in total. The molecule has 2 atom stereocenters. The normalized spacial score (nSPS) is 20.7. The van der Waals surface area contributed by atoms with Crippen LogP contribution in [0.2, 0.25) is 10.0 Å². The molecule has 7 nitrogen and oxygen atoms in total. The Kier molecular flexibility index (Phi) is 4.95. The number of piperazine rings is 1. The highest BCUT2D eigenvalue weighted by atomic mass is 35.5. The highest BCUT2D eigenvalue weighted by Crippen LogP contribution is 2.39. The molecule has 2 aliphatic rings. The van der Waals surface area contributed by atoms with Gasteiger partial charge in [0.25, 0.3) is 11.8 Å². The van der Waals surface area contributed by atoms with Crippen molar-refractivity contribution in [3.05, 3.63) is 45.9 Å². The van der Waals surface area contributed by atoms with Crippen LogP contribution in [0.3, 0.4) is 0 Å². The molecule has 0 saturated carbocycles. The summed E-state index contributed by atoms with van der Waals surface area (Å²) in [6, 6.07) is 5.18. The van der Waals surface area contributed by atoms with Gasteiger partial charge in [0.2, 0.25) is 5.82 Å². The van der Waals surface area contributed by atoms with E-state index in [1.54, 1.807) is 24.4 Å². The zero-order valence-electron chi connectivity index (χ0n) is 16.7. The third kappa shape index (κ3) is 3.68. The van der Waals surface area contributed by atoms with Gasteiger partial charge in [-0.05, 0) is 38.5 Å². The maximum atomic E-state index is 14.0. The Morgan fingerprint density at radius 2 is 2.10 bits per heavy atom. The maximum Gasteiger partial charge on any atom is 0.264 e. The van der Waals surface area contributed by atoms with Crippen LogP contribution in [0, 0.1) is 0 Å². The lowest BCUT2D eigenvalue weighted by Crippen LogP contribution is -2.48. The predicted molar refractivity (Wildman–Crippen MR) is 117 cm³/mol. The van der Waals surface area contributed by atoms with Crippen molar-refractivity contribution in [3.63, 3.8) is 0 Å². The molecule has 1 aromatic carbocycles. The average molecular weight is 482 g/mol. The van der Waals surface area contributed by atoms with Crippen LogP contribution < -0.4 is 4.90 Å². The Morgan fingerprint density at radius 1 is 1.29 bits per heavy atom. The first-order valence-electron chi connectivity index (χ1n) is 9.72. The van der Waals surface area contributed by atoms with Crippen LogP contribution in [0.4, 0.5) is 9.52 Å². The molecule has 2 aliphatic heterocycles. The first kappa shape index (κ1) is 20.7. The lowest BCUT2D eigenvalue weighted by Gasteiger charge is -2.34. The number of carbonyl (C=O) groups excluding carboxylic acids is 1. The summed E-state index contributed by atoms with van der Waals surface area (Å²) < 4.78 is 19.0. The van der Waals surface area contributed by atoms with Crippen LogP contribution >= 0.6 is 34.5 Å². The van der Waals surface area contributed by atoms with Crippen LogP contribution in [0.1, 0.15) is 36.5 Å². The van der Waals surface area contributed by atoms with E-state index in [1.807, 2.05) is 4.90 Å². The van der Waals surface area contributed by atoms with E-state index in [0.29, 0.717) is 39.4 Å². The fraction of sp³-hybridized carbons (Fsp3) is 0.400. The van der Waals surface area contributed by atoms with Gasteiger partial charge >= 0.3 is 0 Å². The lowest BCUT2D eigenvalue weighted by molar-refractivity contribution is 0.0726. The molecule has 2 fully saturated rings. The van der Waals surface area contributed by atoms with Gasteiger partial charge < -0.3 is 14.3 Å². The average Bonchev–Trinajstić information content (AvgIpc) is 3.49. The molecule has 2 bridgehead atoms. The van der Waals surface area contributed by atoms with Crippen LogP contribution in [0.15, 0.2) is 28.9 Å². The summed E-state index contributed by atoms with van der Waals surface area (Å²) in [6.07, 6.45) is 2.54. The number of halogens is 3. The van der Waals surface area contributed by atoms with Gasteiger partial charge in [0.05, 0.1) is 33.7 Å². The number of nitrogens with zero attached hydrogens (tertiary/aromatic N) is 5. The van der Waals surface area contributed by atoms with E-state index in [0.717, 1.165) is 11.6 Å². The zero-order chi connectivity index (χ0) is 21.9. The van der Waals surface area contributed by atoms with Crippen LogP contribution in [0.5, 0.6) is 0 Å². The first-order valence-corrected chi connectivity index (χ1v) is 11.3. The third-order valence-electron chi connectivity index (χ3n) is 5.56. The van der Waals surface area contributed by atoms with Gasteiger partial charge in [-0.15, -0.1) is 0 Å². The van der Waals surface area contributed by atoms with Crippen LogP contribution in [-0.4, -0.2) is 51.1 Å². The number of rotatable bonds is 4. The van der Waals surface area contributed by atoms with E-state index in [1.165, 1.54) is 25.2 Å². The summed E-state index contributed by atoms with van der Waals surface area (Å²) in [7, 11) is 0. The summed E-state index contributed by atoms with van der Waals surface area (Å²) in [5, 5.41) is 5.56. The Hall–Kier alpha value is -2.23. The molecule has 1 amide bonds. The highest BCUT2D eigenvalue weighted by Gasteiger charge is 2.46. The smallest absolute Gasteiger partial charge is 0.264 e. The first-order chi connectivity index (χ1) is 14.7. The predicted octanol–water partition coefficient (Wildman–Crippen LogP) is 4.81. The molecular formula is C20H18Cl2FN5O2S. The number of fused-ring (bicyclic) bond motifs is 2. The van der Waals surface area contributed by atoms with E-state index in [-0.39, 0.29) is 23.9 Å². The third-order valence-corrected chi connectivity index (χ3v) is 7.14. The Morgan fingerprint density at radius 3 is 2.74 bits per heavy atom. The van der Waals surface area contributed by atoms with Crippen molar-refractivity contribution in [2.75, 3.05) is 18.0 Å². The minimum absolute atomic E-state index is 0.0623. The molecule has 0 aliphatic carbocycles. The monoisotopic (exact) mass is 481 g/mol. The molecule has 4 heterocycles. The van der Waals surface area contributed by atoms with E-state index >= 15 is 0 Å². The van der Waals surface area contributed by atoms with Gasteiger partial charge in [-0.3, -0.25) is 4.79 Å². The molecule has 2 saturated heterocycles. The van der Waals surface area contributed by atoms with E-state index in [9.17, 15) is 9.18 Å². The Bertz CT molecular complexity index is 1160. The Labute approximate surface area is 191 Å². The minimum Gasteiger partial charge on any atom is -0.341 e. The summed E-state index contributed by atoms with van der Waals surface area (Å²) >= 11 is 13.6. The number of alkyl halides is 1. The summed E-state index contributed by atoms with van der Waals surface area (Å²) in [6.45, 7) is 4.02. The SMILES string of the molecule is CC(C)(F)c1nc(-c2cnc(N3CC4CC3CN4C(=O)c3ccc(Cl)cc3Cl)s2)no1. The molecule has 2 aromatic heterocycles. The van der Waals surface area contributed by atoms with Crippen molar-refractivity contribution in [1.29, 1.82) is 0 Å². The van der Waals surface area contributed by atoms with E-state index < -0.39 is 5.67 Å². The largest absolute Gasteiger partial charge is 0.341 e. The number of amides is 1. The molecule has 2 unspecified atom stereocenters. The standard InChI is InChI=1S/C20H18Cl2FN5O2S/c1-20(2,23)18-25-16(26-30-18)15-7-24-19(31-15)28-9-11-6-12(28)8-27(11)17(29)13-4-3-10(21)5-14(13)22/h3-5,7,11-12H,6,8-9H2,1-2H3. The topological polar surface area (TPSA) is 75.4 Å². The summed E-state index contributed by atoms with van der Waals surface area (Å²) in [5.74, 6) is 0.178. The number of thiazole rings is 1. The maximum absolute atomic E-state index is 14.0. The summed E-state index contributed by atoms with van der Waals surface area (Å²) in [5.41, 5.74) is -1.24. The second-order valence-corrected chi connectivity index (χ2v) is 10.0. The quantitative estimate of drug-likeness (QED) is 0.532. The fourth-order valence-corrected chi connectivity index (χ4v) is 5.45. The molecule has 0 radical (unpaired) electrons. The Balaban J connectivity index is 1.30. The number of benzene rings is 1. The highest BCUT2D eigenvalue weighted by molar-refractivity contribution is 7.18. The molecule has 5 rings (SSSR count). The van der Waals surface area contributed by atoms with Crippen LogP contribution in [0.25, 0.3) is 10.7 Å². The van der Waals surface area contributed by atoms with E-state index in [4.69, 9.17) is 27.7 Å². The molecule has 0 spiro atoms. The zero-order valence-corrected chi connectivity index (χ0v) is 19.0. The van der Waals surface area contributed by atoms with Crippen molar-refractivity contribution >= 4 is 45.6 Å². The van der Waals surface area contributed by atoms with Gasteiger partial charge in [0.1, 0.15) is 0 Å². The number of carbonyl (C=O) groups is 1. The number of hydrogen-bond donors (Lipinski definition) is 0. The van der Waals surface area contributed by atoms with Crippen molar-refractivity contribution < 1.29 is 13.7 Å². The van der Waals surface area contributed by atoms with Crippen molar-refractivity contribution in [2.45, 2.75) is 38.0 Å². The minimum atomic E-state index is -1.70. The molecule has 162 valence electrons. The molecular weight excluding hydrogens is 464 g/mol. The van der Waals surface area contributed by atoms with Crippen LogP contribution in [-0.2, 0) is 5.67 Å². The number of hydrogen-bond acceptors (Lipinski definition) is 7. The molecule has 3 aromatic rings. The lowest BCUT2D eigenvalue weighted by atomic mass is 10.1. The van der Waals surface area contributed by atoms with Gasteiger partial charge in [0.15, 0.2) is 10.8 Å². The fourth-order valence-electron chi connectivity index (χ4n) is 4.03. The van der Waals surface area contributed by atoms with Gasteiger partial charge in [0, 0.05) is 18.1 Å². The van der Waals surface area contributed by atoms with Gasteiger partial charge in [-0.2, -0.15) is 4.98 Å². The van der Waals surface area contributed by atoms with Crippen molar-refractivity contribution in [1.82, 2.24) is 20.0 Å². The van der Waals surface area contributed by atoms with Gasteiger partial charge in [-0.25, -0.2) is 9.37 Å². The number of anilines is 1. The number of likely N-dealkylation sites (tertiary alicyclic amines) is 1. The summed E-state index contributed by atoms with van der Waals surface area (Å²) in [4.78, 5) is 26.4. The number of aromatic nitrogens is 3. The molecule has 11 heteroatoms. The molecule has 31 heavy (non-hydrogen) atoms. The second kappa shape index (κ2) is 7.43.